The molecule has 18 heavy (non-hydrogen) atoms. The topological polar surface area (TPSA) is 64.8 Å². The zero-order valence-electron chi connectivity index (χ0n) is 10.7. The summed E-state index contributed by atoms with van der Waals surface area (Å²) in [6, 6.07) is 5.54. The van der Waals surface area contributed by atoms with Crippen LogP contribution in [0.4, 0.5) is 11.4 Å². The van der Waals surface area contributed by atoms with Crippen molar-refractivity contribution in [2.75, 3.05) is 37.5 Å². The Labute approximate surface area is 106 Å². The van der Waals surface area contributed by atoms with Crippen molar-refractivity contribution in [1.82, 2.24) is 0 Å². The second kappa shape index (κ2) is 5.27. The minimum Gasteiger partial charge on any atom is -0.465 e. The van der Waals surface area contributed by atoms with Crippen molar-refractivity contribution < 1.29 is 14.3 Å². The van der Waals surface area contributed by atoms with Crippen LogP contribution in [0.15, 0.2) is 18.2 Å². The van der Waals surface area contributed by atoms with Crippen LogP contribution in [0, 0.1) is 0 Å². The predicted molar refractivity (Wildman–Crippen MR) is 69.8 cm³/mol. The minimum atomic E-state index is -0.372. The fourth-order valence-corrected chi connectivity index (χ4v) is 2.15. The number of carbonyl (C=O) groups excluding carboxylic acids is 1. The van der Waals surface area contributed by atoms with Crippen molar-refractivity contribution >= 4 is 17.3 Å². The summed E-state index contributed by atoms with van der Waals surface area (Å²) in [6.07, 6.45) is 0. The van der Waals surface area contributed by atoms with Crippen LogP contribution in [-0.2, 0) is 9.47 Å². The summed E-state index contributed by atoms with van der Waals surface area (Å²) in [5.74, 6) is -0.372. The fourth-order valence-electron chi connectivity index (χ4n) is 2.15. The molecule has 1 atom stereocenters. The third-order valence-electron chi connectivity index (χ3n) is 3.13. The number of carbonyl (C=O) groups is 1. The Morgan fingerprint density at radius 3 is 2.94 bits per heavy atom. The van der Waals surface area contributed by atoms with E-state index in [1.165, 1.54) is 7.11 Å². The summed E-state index contributed by atoms with van der Waals surface area (Å²) in [7, 11) is 1.36. The Bertz CT molecular complexity index is 448. The highest BCUT2D eigenvalue weighted by Crippen LogP contribution is 2.27. The van der Waals surface area contributed by atoms with Crippen molar-refractivity contribution in [3.05, 3.63) is 23.8 Å². The molecule has 1 aliphatic heterocycles. The molecule has 1 saturated heterocycles. The molecule has 1 aromatic carbocycles. The van der Waals surface area contributed by atoms with Crippen LogP contribution in [0.2, 0.25) is 0 Å². The summed E-state index contributed by atoms with van der Waals surface area (Å²) < 4.78 is 10.1. The maximum Gasteiger partial charge on any atom is 0.337 e. The highest BCUT2D eigenvalue weighted by atomic mass is 16.5. The molecule has 0 saturated carbocycles. The number of morpholine rings is 1. The molecule has 0 amide bonds. The molecule has 5 heteroatoms. The standard InChI is InChI=1S/C13H18N2O3/c1-9-8-18-6-5-15(9)12-4-3-10(7-11(12)14)13(16)17-2/h3-4,7,9H,5-6,8,14H2,1-2H3. The van der Waals surface area contributed by atoms with Gasteiger partial charge in [0.1, 0.15) is 0 Å². The second-order valence-corrected chi connectivity index (χ2v) is 4.38. The summed E-state index contributed by atoms with van der Waals surface area (Å²) in [6.45, 7) is 4.29. The lowest BCUT2D eigenvalue weighted by atomic mass is 10.1. The largest absolute Gasteiger partial charge is 0.465 e. The van der Waals surface area contributed by atoms with Gasteiger partial charge in [-0.15, -0.1) is 0 Å². The van der Waals surface area contributed by atoms with Crippen molar-refractivity contribution in [2.45, 2.75) is 13.0 Å². The predicted octanol–water partition coefficient (Wildman–Crippen LogP) is 1.28. The highest BCUT2D eigenvalue weighted by molar-refractivity contribution is 5.92. The van der Waals surface area contributed by atoms with Crippen molar-refractivity contribution in [1.29, 1.82) is 0 Å². The molecule has 1 fully saturated rings. The zero-order chi connectivity index (χ0) is 13.1. The Kier molecular flexibility index (Phi) is 3.72. The van der Waals surface area contributed by atoms with Gasteiger partial charge in [-0.3, -0.25) is 0 Å². The van der Waals surface area contributed by atoms with Crippen molar-refractivity contribution in [3.63, 3.8) is 0 Å². The normalized spacial score (nSPS) is 19.7. The van der Waals surface area contributed by atoms with Crippen LogP contribution < -0.4 is 10.6 Å². The molecule has 98 valence electrons. The number of rotatable bonds is 2. The average molecular weight is 250 g/mol. The van der Waals surface area contributed by atoms with Crippen LogP contribution in [0.5, 0.6) is 0 Å². The van der Waals surface area contributed by atoms with Crippen LogP contribution in [0.25, 0.3) is 0 Å². The summed E-state index contributed by atoms with van der Waals surface area (Å²) in [5.41, 5.74) is 8.02. The van der Waals surface area contributed by atoms with E-state index >= 15 is 0 Å². The first-order valence-electron chi connectivity index (χ1n) is 5.95. The lowest BCUT2D eigenvalue weighted by Gasteiger charge is -2.36. The Balaban J connectivity index is 2.26. The zero-order valence-corrected chi connectivity index (χ0v) is 10.7. The molecule has 1 unspecified atom stereocenters. The number of hydrogen-bond donors (Lipinski definition) is 1. The Morgan fingerprint density at radius 2 is 2.33 bits per heavy atom. The van der Waals surface area contributed by atoms with Crippen LogP contribution in [0.3, 0.4) is 0 Å². The maximum absolute atomic E-state index is 11.4. The summed E-state index contributed by atoms with van der Waals surface area (Å²) in [5, 5.41) is 0. The number of benzene rings is 1. The molecule has 0 spiro atoms. The smallest absolute Gasteiger partial charge is 0.337 e. The first-order valence-corrected chi connectivity index (χ1v) is 5.95. The number of nitrogen functional groups attached to an aromatic ring is 1. The van der Waals surface area contributed by atoms with E-state index < -0.39 is 0 Å². The van der Waals surface area contributed by atoms with Gasteiger partial charge < -0.3 is 20.1 Å². The Hall–Kier alpha value is -1.75. The average Bonchev–Trinajstić information content (AvgIpc) is 2.39. The van der Waals surface area contributed by atoms with Gasteiger partial charge in [-0.1, -0.05) is 0 Å². The van der Waals surface area contributed by atoms with Gasteiger partial charge >= 0.3 is 5.97 Å². The van der Waals surface area contributed by atoms with Gasteiger partial charge in [-0.05, 0) is 25.1 Å². The Morgan fingerprint density at radius 1 is 1.56 bits per heavy atom. The van der Waals surface area contributed by atoms with Crippen LogP contribution >= 0.6 is 0 Å². The molecule has 2 rings (SSSR count). The van der Waals surface area contributed by atoms with Crippen LogP contribution in [0.1, 0.15) is 17.3 Å². The number of ether oxygens (including phenoxy) is 2. The number of esters is 1. The van der Waals surface area contributed by atoms with E-state index in [0.29, 0.717) is 24.5 Å². The monoisotopic (exact) mass is 250 g/mol. The molecule has 1 heterocycles. The van der Waals surface area contributed by atoms with Gasteiger partial charge in [-0.2, -0.15) is 0 Å². The van der Waals surface area contributed by atoms with Crippen LogP contribution in [-0.4, -0.2) is 38.9 Å². The molecule has 1 aliphatic rings. The molecule has 0 radical (unpaired) electrons. The van der Waals surface area contributed by atoms with E-state index in [2.05, 4.69) is 16.6 Å². The molecular formula is C13H18N2O3. The summed E-state index contributed by atoms with van der Waals surface area (Å²) in [4.78, 5) is 13.6. The molecule has 2 N–H and O–H groups in total. The molecule has 0 bridgehead atoms. The first kappa shape index (κ1) is 12.7. The molecule has 0 aromatic heterocycles. The number of nitrogens with two attached hydrogens (primary N) is 1. The minimum absolute atomic E-state index is 0.282. The first-order chi connectivity index (χ1) is 8.63. The number of nitrogens with zero attached hydrogens (tertiary/aromatic N) is 1. The molecular weight excluding hydrogens is 232 g/mol. The van der Waals surface area contributed by atoms with E-state index in [-0.39, 0.29) is 12.0 Å². The quantitative estimate of drug-likeness (QED) is 0.632. The van der Waals surface area contributed by atoms with Gasteiger partial charge in [0.2, 0.25) is 0 Å². The van der Waals surface area contributed by atoms with E-state index in [4.69, 9.17) is 10.5 Å². The van der Waals surface area contributed by atoms with E-state index in [9.17, 15) is 4.79 Å². The summed E-state index contributed by atoms with van der Waals surface area (Å²) >= 11 is 0. The SMILES string of the molecule is COC(=O)c1ccc(N2CCOCC2C)c(N)c1. The highest BCUT2D eigenvalue weighted by Gasteiger charge is 2.21. The maximum atomic E-state index is 11.4. The second-order valence-electron chi connectivity index (χ2n) is 4.38. The number of hydrogen-bond acceptors (Lipinski definition) is 5. The van der Waals surface area contributed by atoms with Crippen molar-refractivity contribution in [2.24, 2.45) is 0 Å². The van der Waals surface area contributed by atoms with E-state index in [0.717, 1.165) is 12.2 Å². The number of anilines is 2. The third-order valence-corrected chi connectivity index (χ3v) is 3.13. The van der Waals surface area contributed by atoms with Gasteiger partial charge in [0.05, 0.1) is 37.3 Å². The third kappa shape index (κ3) is 2.41. The molecule has 5 nitrogen and oxygen atoms in total. The fraction of sp³-hybridized carbons (Fsp3) is 0.462. The van der Waals surface area contributed by atoms with Gasteiger partial charge in [-0.25, -0.2) is 4.79 Å². The molecule has 0 aliphatic carbocycles. The number of methoxy groups -OCH3 is 1. The lowest BCUT2D eigenvalue weighted by molar-refractivity contribution is 0.0600. The lowest BCUT2D eigenvalue weighted by Crippen LogP contribution is -2.44. The molecule has 1 aromatic rings. The van der Waals surface area contributed by atoms with Gasteiger partial charge in [0.15, 0.2) is 0 Å². The van der Waals surface area contributed by atoms with Gasteiger partial charge in [0.25, 0.3) is 0 Å². The van der Waals surface area contributed by atoms with Gasteiger partial charge in [0, 0.05) is 12.6 Å². The van der Waals surface area contributed by atoms with E-state index in [1.807, 2.05) is 6.07 Å². The van der Waals surface area contributed by atoms with E-state index in [1.54, 1.807) is 12.1 Å². The van der Waals surface area contributed by atoms with Crippen molar-refractivity contribution in [3.8, 4) is 0 Å².